The molecule has 1 spiro atoms. The Morgan fingerprint density at radius 1 is 0.971 bits per heavy atom. The van der Waals surface area contributed by atoms with Crippen molar-refractivity contribution < 1.29 is 23.6 Å². The van der Waals surface area contributed by atoms with E-state index in [1.807, 2.05) is 9.80 Å². The zero-order valence-corrected chi connectivity index (χ0v) is 19.3. The van der Waals surface area contributed by atoms with Crippen LogP contribution in [0.4, 0.5) is 0 Å². The number of likely N-dealkylation sites (tertiary alicyclic amines) is 2. The quantitative estimate of drug-likeness (QED) is 0.525. The van der Waals surface area contributed by atoms with Crippen LogP contribution in [0.2, 0.25) is 0 Å². The monoisotopic (exact) mass is 463 g/mol. The number of ketones is 1. The third-order valence-corrected chi connectivity index (χ3v) is 6.80. The second-order valence-corrected chi connectivity index (χ2v) is 9.06. The predicted octanol–water partition coefficient (Wildman–Crippen LogP) is 2.77. The van der Waals surface area contributed by atoms with Gasteiger partial charge in [0.15, 0.2) is 5.78 Å². The van der Waals surface area contributed by atoms with Crippen molar-refractivity contribution in [1.29, 1.82) is 0 Å². The van der Waals surface area contributed by atoms with E-state index in [4.69, 9.17) is 4.42 Å². The van der Waals surface area contributed by atoms with E-state index in [0.29, 0.717) is 43.1 Å². The van der Waals surface area contributed by atoms with Crippen molar-refractivity contribution >= 4 is 29.6 Å². The fraction of sp³-hybridized carbons (Fsp3) is 0.385. The molecule has 3 amide bonds. The molecule has 1 aromatic carbocycles. The standard InChI is InChI=1S/C26H29N3O5/c1-19(30)20-4-6-21(7-5-20)25(33)28-13-10-26(11-14-28)12-15-29(18-26)24(32)17-27-23(31)9-8-22-3-2-16-34-22/h2-9,16H,10-15,17-18H2,1H3,(H,27,31). The topological polar surface area (TPSA) is 99.9 Å². The van der Waals surface area contributed by atoms with Crippen LogP contribution in [0.25, 0.3) is 6.08 Å². The van der Waals surface area contributed by atoms with E-state index < -0.39 is 0 Å². The van der Waals surface area contributed by atoms with Crippen LogP contribution in [-0.4, -0.2) is 66.0 Å². The number of furan rings is 1. The smallest absolute Gasteiger partial charge is 0.253 e. The van der Waals surface area contributed by atoms with Crippen LogP contribution < -0.4 is 5.32 Å². The first-order chi connectivity index (χ1) is 16.3. The van der Waals surface area contributed by atoms with Crippen LogP contribution in [0.15, 0.2) is 53.2 Å². The van der Waals surface area contributed by atoms with Gasteiger partial charge in [0.2, 0.25) is 11.8 Å². The highest BCUT2D eigenvalue weighted by Gasteiger charge is 2.42. The van der Waals surface area contributed by atoms with Crippen LogP contribution in [0.5, 0.6) is 0 Å². The average Bonchev–Trinajstić information content (AvgIpc) is 3.52. The fourth-order valence-electron chi connectivity index (χ4n) is 4.65. The molecule has 0 saturated carbocycles. The highest BCUT2D eigenvalue weighted by atomic mass is 16.3. The summed E-state index contributed by atoms with van der Waals surface area (Å²) in [6, 6.07) is 10.3. The van der Waals surface area contributed by atoms with Crippen LogP contribution in [0.1, 0.15) is 52.7 Å². The summed E-state index contributed by atoms with van der Waals surface area (Å²) in [5.41, 5.74) is 1.20. The average molecular weight is 464 g/mol. The molecule has 178 valence electrons. The zero-order valence-electron chi connectivity index (χ0n) is 19.3. The molecule has 2 aromatic rings. The van der Waals surface area contributed by atoms with Gasteiger partial charge in [-0.05, 0) is 61.9 Å². The van der Waals surface area contributed by atoms with Gasteiger partial charge in [-0.25, -0.2) is 0 Å². The summed E-state index contributed by atoms with van der Waals surface area (Å²) in [4.78, 5) is 52.5. The summed E-state index contributed by atoms with van der Waals surface area (Å²) in [6.07, 6.45) is 7.01. The molecule has 2 saturated heterocycles. The molecule has 3 heterocycles. The molecule has 0 atom stereocenters. The number of carbonyl (C=O) groups excluding carboxylic acids is 4. The maximum Gasteiger partial charge on any atom is 0.253 e. The summed E-state index contributed by atoms with van der Waals surface area (Å²) < 4.78 is 5.14. The SMILES string of the molecule is CC(=O)c1ccc(C(=O)N2CCC3(CCN(C(=O)CNC(=O)C=Cc4ccco4)C3)CC2)cc1. The van der Waals surface area contributed by atoms with E-state index in [1.165, 1.54) is 19.3 Å². The molecule has 8 nitrogen and oxygen atoms in total. The number of rotatable bonds is 6. The first kappa shape index (κ1) is 23.5. The second kappa shape index (κ2) is 10.1. The molecule has 34 heavy (non-hydrogen) atoms. The van der Waals surface area contributed by atoms with Crippen molar-refractivity contribution in [2.45, 2.75) is 26.2 Å². The van der Waals surface area contributed by atoms with Gasteiger partial charge < -0.3 is 19.5 Å². The Bertz CT molecular complexity index is 1080. The molecule has 0 aliphatic carbocycles. The largest absolute Gasteiger partial charge is 0.465 e. The van der Waals surface area contributed by atoms with Crippen molar-refractivity contribution in [3.05, 3.63) is 65.6 Å². The van der Waals surface area contributed by atoms with Gasteiger partial charge in [-0.1, -0.05) is 12.1 Å². The summed E-state index contributed by atoms with van der Waals surface area (Å²) in [5, 5.41) is 2.63. The molecule has 0 radical (unpaired) electrons. The summed E-state index contributed by atoms with van der Waals surface area (Å²) in [5.74, 6) is 0.0775. The third-order valence-electron chi connectivity index (χ3n) is 6.80. The van der Waals surface area contributed by atoms with E-state index in [0.717, 1.165) is 19.3 Å². The molecule has 2 fully saturated rings. The minimum Gasteiger partial charge on any atom is -0.465 e. The number of amides is 3. The van der Waals surface area contributed by atoms with Crippen LogP contribution in [0, 0.1) is 5.41 Å². The summed E-state index contributed by atoms with van der Waals surface area (Å²) >= 11 is 0. The number of carbonyl (C=O) groups is 4. The van der Waals surface area contributed by atoms with Crippen molar-refractivity contribution in [1.82, 2.24) is 15.1 Å². The van der Waals surface area contributed by atoms with E-state index in [9.17, 15) is 19.2 Å². The highest BCUT2D eigenvalue weighted by molar-refractivity contribution is 5.98. The van der Waals surface area contributed by atoms with Gasteiger partial charge in [-0.2, -0.15) is 0 Å². The number of piperidine rings is 1. The summed E-state index contributed by atoms with van der Waals surface area (Å²) in [7, 11) is 0. The number of nitrogens with zero attached hydrogens (tertiary/aromatic N) is 2. The Morgan fingerprint density at radius 3 is 2.24 bits per heavy atom. The van der Waals surface area contributed by atoms with Gasteiger partial charge >= 0.3 is 0 Å². The lowest BCUT2D eigenvalue weighted by Gasteiger charge is -2.39. The molecule has 0 unspecified atom stereocenters. The van der Waals surface area contributed by atoms with Crippen molar-refractivity contribution in [2.75, 3.05) is 32.7 Å². The molecule has 2 aliphatic heterocycles. The van der Waals surface area contributed by atoms with Gasteiger partial charge in [0, 0.05) is 43.4 Å². The van der Waals surface area contributed by atoms with Crippen LogP contribution in [-0.2, 0) is 9.59 Å². The minimum absolute atomic E-state index is 0.0220. The lowest BCUT2D eigenvalue weighted by Crippen LogP contribution is -2.45. The Kier molecular flexibility index (Phi) is 6.95. The Balaban J connectivity index is 1.24. The Labute approximate surface area is 198 Å². The number of nitrogens with one attached hydrogen (secondary N) is 1. The van der Waals surface area contributed by atoms with Gasteiger partial charge in [0.25, 0.3) is 5.91 Å². The molecule has 8 heteroatoms. The first-order valence-electron chi connectivity index (χ1n) is 11.5. The van der Waals surface area contributed by atoms with Crippen molar-refractivity contribution in [3.63, 3.8) is 0 Å². The molecule has 1 aromatic heterocycles. The molecule has 2 aliphatic rings. The number of hydrogen-bond donors (Lipinski definition) is 1. The van der Waals surface area contributed by atoms with Gasteiger partial charge in [0.05, 0.1) is 12.8 Å². The molecule has 4 rings (SSSR count). The lowest BCUT2D eigenvalue weighted by atomic mass is 9.77. The molecular weight excluding hydrogens is 434 g/mol. The van der Waals surface area contributed by atoms with Gasteiger partial charge in [0.1, 0.15) is 5.76 Å². The number of Topliss-reactive ketones (excluding diaryl/α,β-unsaturated/α-hetero) is 1. The number of hydrogen-bond acceptors (Lipinski definition) is 5. The van der Waals surface area contributed by atoms with Gasteiger partial charge in [-0.15, -0.1) is 0 Å². The zero-order chi connectivity index (χ0) is 24.1. The van der Waals surface area contributed by atoms with E-state index in [2.05, 4.69) is 5.32 Å². The minimum atomic E-state index is -0.346. The number of benzene rings is 1. The van der Waals surface area contributed by atoms with Crippen LogP contribution in [0.3, 0.4) is 0 Å². The van der Waals surface area contributed by atoms with Crippen molar-refractivity contribution in [3.8, 4) is 0 Å². The third kappa shape index (κ3) is 5.44. The lowest BCUT2D eigenvalue weighted by molar-refractivity contribution is -0.131. The highest BCUT2D eigenvalue weighted by Crippen LogP contribution is 2.40. The normalized spacial score (nSPS) is 17.3. The first-order valence-corrected chi connectivity index (χ1v) is 11.5. The Morgan fingerprint density at radius 2 is 1.62 bits per heavy atom. The van der Waals surface area contributed by atoms with Crippen LogP contribution >= 0.6 is 0 Å². The summed E-state index contributed by atoms with van der Waals surface area (Å²) in [6.45, 7) is 4.06. The maximum atomic E-state index is 12.9. The van der Waals surface area contributed by atoms with Crippen molar-refractivity contribution in [2.24, 2.45) is 5.41 Å². The second-order valence-electron chi connectivity index (χ2n) is 9.06. The van der Waals surface area contributed by atoms with E-state index in [1.54, 1.807) is 42.5 Å². The van der Waals surface area contributed by atoms with E-state index in [-0.39, 0.29) is 35.5 Å². The fourth-order valence-corrected chi connectivity index (χ4v) is 4.65. The molecule has 0 bridgehead atoms. The maximum absolute atomic E-state index is 12.9. The molecule has 1 N–H and O–H groups in total. The van der Waals surface area contributed by atoms with Gasteiger partial charge in [-0.3, -0.25) is 19.2 Å². The predicted molar refractivity (Wildman–Crippen MR) is 126 cm³/mol. The van der Waals surface area contributed by atoms with E-state index >= 15 is 0 Å². The molecular formula is C26H29N3O5. The Hall–Kier alpha value is -3.68.